The normalized spacial score (nSPS) is 20.8. The van der Waals surface area contributed by atoms with Crippen LogP contribution < -0.4 is 5.32 Å². The number of carbonyl (C=O) groups excluding carboxylic acids is 1. The van der Waals surface area contributed by atoms with Gasteiger partial charge in [-0.15, -0.1) is 11.3 Å². The Kier molecular flexibility index (Phi) is 5.29. The van der Waals surface area contributed by atoms with Gasteiger partial charge in [0.05, 0.1) is 5.92 Å². The second-order valence-corrected chi connectivity index (χ2v) is 9.47. The van der Waals surface area contributed by atoms with E-state index in [1.54, 1.807) is 17.5 Å². The lowest BCUT2D eigenvalue weighted by Gasteiger charge is -2.33. The van der Waals surface area contributed by atoms with Gasteiger partial charge in [0.25, 0.3) is 10.0 Å². The van der Waals surface area contributed by atoms with Gasteiger partial charge in [0, 0.05) is 18.6 Å². The molecule has 1 aliphatic rings. The molecule has 0 saturated carbocycles. The zero-order chi connectivity index (χ0) is 16.4. The summed E-state index contributed by atoms with van der Waals surface area (Å²) in [7, 11) is -3.46. The Morgan fingerprint density at radius 1 is 1.50 bits per heavy atom. The highest BCUT2D eigenvalue weighted by Crippen LogP contribution is 2.26. The van der Waals surface area contributed by atoms with Crippen LogP contribution in [0, 0.1) is 5.92 Å². The molecule has 1 aromatic rings. The number of sulfonamides is 1. The maximum Gasteiger partial charge on any atom is 0.252 e. The summed E-state index contributed by atoms with van der Waals surface area (Å²) >= 11 is 1.22. The predicted molar refractivity (Wildman–Crippen MR) is 88.3 cm³/mol. The van der Waals surface area contributed by atoms with Gasteiger partial charge in [-0.05, 0) is 44.6 Å². The van der Waals surface area contributed by atoms with Crippen LogP contribution in [-0.4, -0.2) is 37.3 Å². The third kappa shape index (κ3) is 3.88. The van der Waals surface area contributed by atoms with Crippen molar-refractivity contribution in [1.82, 2.24) is 9.62 Å². The van der Waals surface area contributed by atoms with E-state index in [-0.39, 0.29) is 23.9 Å². The zero-order valence-electron chi connectivity index (χ0n) is 13.3. The number of rotatable bonds is 5. The molecule has 0 aliphatic carbocycles. The third-order valence-corrected chi connectivity index (χ3v) is 7.43. The number of amides is 1. The first-order valence-electron chi connectivity index (χ1n) is 7.62. The highest BCUT2D eigenvalue weighted by molar-refractivity contribution is 7.91. The number of nitrogens with one attached hydrogen (secondary N) is 1. The van der Waals surface area contributed by atoms with Crippen LogP contribution in [0.2, 0.25) is 0 Å². The molecule has 0 radical (unpaired) electrons. The van der Waals surface area contributed by atoms with Gasteiger partial charge in [-0.25, -0.2) is 8.42 Å². The van der Waals surface area contributed by atoms with Crippen molar-refractivity contribution in [3.8, 4) is 0 Å². The fourth-order valence-electron chi connectivity index (χ4n) is 2.44. The fraction of sp³-hybridized carbons (Fsp3) is 0.667. The van der Waals surface area contributed by atoms with Crippen molar-refractivity contribution in [2.75, 3.05) is 13.1 Å². The van der Waals surface area contributed by atoms with Crippen molar-refractivity contribution in [2.24, 2.45) is 5.92 Å². The molecule has 0 bridgehead atoms. The summed E-state index contributed by atoms with van der Waals surface area (Å²) in [5, 5.41) is 4.78. The van der Waals surface area contributed by atoms with Crippen molar-refractivity contribution in [3.63, 3.8) is 0 Å². The Bertz CT molecular complexity index is 609. The molecule has 124 valence electrons. The molecular weight excluding hydrogens is 320 g/mol. The van der Waals surface area contributed by atoms with E-state index < -0.39 is 10.0 Å². The van der Waals surface area contributed by atoms with E-state index in [0.29, 0.717) is 10.8 Å². The van der Waals surface area contributed by atoms with E-state index in [1.807, 2.05) is 20.8 Å². The van der Waals surface area contributed by atoms with E-state index in [9.17, 15) is 13.2 Å². The van der Waals surface area contributed by atoms with Gasteiger partial charge in [0.2, 0.25) is 5.91 Å². The van der Waals surface area contributed by atoms with E-state index >= 15 is 0 Å². The van der Waals surface area contributed by atoms with Gasteiger partial charge in [-0.2, -0.15) is 4.31 Å². The van der Waals surface area contributed by atoms with E-state index in [2.05, 4.69) is 5.32 Å². The quantitative estimate of drug-likeness (QED) is 0.892. The maximum atomic E-state index is 12.6. The van der Waals surface area contributed by atoms with Gasteiger partial charge < -0.3 is 5.32 Å². The highest BCUT2D eigenvalue weighted by atomic mass is 32.2. The molecule has 1 saturated heterocycles. The lowest BCUT2D eigenvalue weighted by atomic mass is 9.95. The Balaban J connectivity index is 2.08. The number of carbonyl (C=O) groups is 1. The van der Waals surface area contributed by atoms with E-state index in [4.69, 9.17) is 0 Å². The highest BCUT2D eigenvalue weighted by Gasteiger charge is 2.34. The Labute approximate surface area is 136 Å². The summed E-state index contributed by atoms with van der Waals surface area (Å²) in [6, 6.07) is 3.35. The minimum absolute atomic E-state index is 0.0436. The molecule has 2 heterocycles. The van der Waals surface area contributed by atoms with Crippen LogP contribution >= 0.6 is 11.3 Å². The molecule has 2 rings (SSSR count). The Morgan fingerprint density at radius 3 is 2.82 bits per heavy atom. The number of thiophene rings is 1. The summed E-state index contributed by atoms with van der Waals surface area (Å²) in [5.41, 5.74) is -0.258. The summed E-state index contributed by atoms with van der Waals surface area (Å²) in [6.45, 7) is 6.74. The average Bonchev–Trinajstić information content (AvgIpc) is 3.02. The van der Waals surface area contributed by atoms with E-state index in [1.165, 1.54) is 15.6 Å². The van der Waals surface area contributed by atoms with Gasteiger partial charge in [-0.3, -0.25) is 4.79 Å². The van der Waals surface area contributed by atoms with Crippen molar-refractivity contribution < 1.29 is 13.2 Å². The molecule has 1 N–H and O–H groups in total. The fourth-order valence-corrected chi connectivity index (χ4v) is 5.10. The number of hydrogen-bond donors (Lipinski definition) is 1. The summed E-state index contributed by atoms with van der Waals surface area (Å²) in [5.74, 6) is -0.313. The summed E-state index contributed by atoms with van der Waals surface area (Å²) in [6.07, 6.45) is 2.29. The summed E-state index contributed by atoms with van der Waals surface area (Å²) in [4.78, 5) is 12.4. The van der Waals surface area contributed by atoms with Gasteiger partial charge in [-0.1, -0.05) is 13.0 Å². The molecular formula is C15H24N2O3S2. The molecule has 5 nitrogen and oxygen atoms in total. The van der Waals surface area contributed by atoms with Crippen molar-refractivity contribution in [1.29, 1.82) is 0 Å². The zero-order valence-corrected chi connectivity index (χ0v) is 15.0. The van der Waals surface area contributed by atoms with Crippen molar-refractivity contribution in [3.05, 3.63) is 17.5 Å². The molecule has 1 aromatic heterocycles. The molecule has 1 fully saturated rings. The number of nitrogens with zero attached hydrogens (tertiary/aromatic N) is 1. The first-order valence-corrected chi connectivity index (χ1v) is 9.94. The molecule has 0 unspecified atom stereocenters. The first kappa shape index (κ1) is 17.4. The number of hydrogen-bond acceptors (Lipinski definition) is 4. The van der Waals surface area contributed by atoms with Crippen LogP contribution in [0.5, 0.6) is 0 Å². The SMILES string of the molecule is CCC(C)(C)NC(=O)[C@@H]1CCCN(S(=O)(=O)c2cccs2)C1. The smallest absolute Gasteiger partial charge is 0.252 e. The van der Waals surface area contributed by atoms with Crippen molar-refractivity contribution >= 4 is 27.3 Å². The second-order valence-electron chi connectivity index (χ2n) is 6.36. The molecule has 22 heavy (non-hydrogen) atoms. The van der Waals surface area contributed by atoms with E-state index in [0.717, 1.165) is 19.3 Å². The molecule has 7 heteroatoms. The number of piperidine rings is 1. The van der Waals surface area contributed by atoms with Crippen LogP contribution in [-0.2, 0) is 14.8 Å². The van der Waals surface area contributed by atoms with Gasteiger partial charge in [0.1, 0.15) is 4.21 Å². The van der Waals surface area contributed by atoms with Crippen LogP contribution in [0.3, 0.4) is 0 Å². The van der Waals surface area contributed by atoms with Gasteiger partial charge >= 0.3 is 0 Å². The Morgan fingerprint density at radius 2 is 2.23 bits per heavy atom. The lowest BCUT2D eigenvalue weighted by molar-refractivity contribution is -0.127. The lowest BCUT2D eigenvalue weighted by Crippen LogP contribution is -2.50. The largest absolute Gasteiger partial charge is 0.351 e. The Hall–Kier alpha value is -0.920. The minimum atomic E-state index is -3.46. The topological polar surface area (TPSA) is 66.5 Å². The second kappa shape index (κ2) is 6.68. The summed E-state index contributed by atoms with van der Waals surface area (Å²) < 4.78 is 26.9. The minimum Gasteiger partial charge on any atom is -0.351 e. The van der Waals surface area contributed by atoms with Crippen LogP contribution in [0.25, 0.3) is 0 Å². The first-order chi connectivity index (χ1) is 10.3. The molecule has 1 aliphatic heterocycles. The molecule has 0 aromatic carbocycles. The monoisotopic (exact) mass is 344 g/mol. The maximum absolute atomic E-state index is 12.6. The van der Waals surface area contributed by atoms with Crippen LogP contribution in [0.15, 0.2) is 21.7 Å². The molecule has 1 amide bonds. The van der Waals surface area contributed by atoms with Gasteiger partial charge in [0.15, 0.2) is 0 Å². The standard InChI is InChI=1S/C15H24N2O3S2/c1-4-15(2,3)16-14(18)12-7-5-9-17(11-12)22(19,20)13-8-6-10-21-13/h6,8,10,12H,4-5,7,9,11H2,1-3H3,(H,16,18)/t12-/m1/s1. The van der Waals surface area contributed by atoms with Crippen molar-refractivity contribution in [2.45, 2.75) is 49.8 Å². The van der Waals surface area contributed by atoms with Crippen LogP contribution in [0.1, 0.15) is 40.0 Å². The predicted octanol–water partition coefficient (Wildman–Crippen LogP) is 2.45. The molecule has 0 spiro atoms. The van der Waals surface area contributed by atoms with Crippen LogP contribution in [0.4, 0.5) is 0 Å². The molecule has 1 atom stereocenters. The average molecular weight is 345 g/mol. The third-order valence-electron chi connectivity index (χ3n) is 4.19.